The molecule has 0 spiro atoms. The highest BCUT2D eigenvalue weighted by Gasteiger charge is 2.24. The van der Waals surface area contributed by atoms with Crippen molar-refractivity contribution in [3.63, 3.8) is 0 Å². The van der Waals surface area contributed by atoms with Gasteiger partial charge in [-0.15, -0.1) is 0 Å². The second kappa shape index (κ2) is 5.01. The van der Waals surface area contributed by atoms with E-state index in [-0.39, 0.29) is 11.7 Å². The van der Waals surface area contributed by atoms with E-state index in [0.29, 0.717) is 5.56 Å². The van der Waals surface area contributed by atoms with Crippen LogP contribution >= 0.6 is 0 Å². The molecule has 1 fully saturated rings. The molecule has 88 valence electrons. The molecule has 1 aromatic rings. The summed E-state index contributed by atoms with van der Waals surface area (Å²) in [5.41, 5.74) is 1.65. The van der Waals surface area contributed by atoms with Crippen molar-refractivity contribution in [1.29, 1.82) is 5.26 Å². The number of benzene rings is 1. The van der Waals surface area contributed by atoms with Crippen molar-refractivity contribution in [3.05, 3.63) is 29.8 Å². The molecule has 3 nitrogen and oxygen atoms in total. The van der Waals surface area contributed by atoms with Crippen molar-refractivity contribution in [3.8, 4) is 6.07 Å². The Hall–Kier alpha value is -1.82. The van der Waals surface area contributed by atoms with Gasteiger partial charge in [-0.25, -0.2) is 0 Å². The van der Waals surface area contributed by atoms with Crippen molar-refractivity contribution in [1.82, 2.24) is 0 Å². The minimum atomic E-state index is 0.121. The number of hydrogen-bond donors (Lipinski definition) is 0. The number of hydrogen-bond acceptors (Lipinski definition) is 3. The van der Waals surface area contributed by atoms with Crippen LogP contribution in [0.3, 0.4) is 0 Å². The number of nitrogens with zero attached hydrogens (tertiary/aromatic N) is 2. The highest BCUT2D eigenvalue weighted by molar-refractivity contribution is 5.79. The standard InChI is InChI=1S/C14H16N2O/c1-11(17)13-6-4-8-16(10-13)14-7-3-2-5-12(14)9-15/h2-3,5,7,13H,4,6,8,10H2,1H3. The van der Waals surface area contributed by atoms with Gasteiger partial charge >= 0.3 is 0 Å². The number of carbonyl (C=O) groups is 1. The molecular formula is C14H16N2O. The third-order valence-corrected chi connectivity index (χ3v) is 3.36. The molecular weight excluding hydrogens is 212 g/mol. The summed E-state index contributed by atoms with van der Waals surface area (Å²) in [7, 11) is 0. The summed E-state index contributed by atoms with van der Waals surface area (Å²) in [4.78, 5) is 13.6. The van der Waals surface area contributed by atoms with E-state index in [1.165, 1.54) is 0 Å². The van der Waals surface area contributed by atoms with Crippen LogP contribution in [-0.2, 0) is 4.79 Å². The van der Waals surface area contributed by atoms with Gasteiger partial charge in [0.2, 0.25) is 0 Å². The van der Waals surface area contributed by atoms with Gasteiger partial charge in [0.25, 0.3) is 0 Å². The number of anilines is 1. The summed E-state index contributed by atoms with van der Waals surface area (Å²) in [5, 5.41) is 9.08. The van der Waals surface area contributed by atoms with Gasteiger partial charge in [-0.3, -0.25) is 4.79 Å². The highest BCUT2D eigenvalue weighted by atomic mass is 16.1. The highest BCUT2D eigenvalue weighted by Crippen LogP contribution is 2.26. The van der Waals surface area contributed by atoms with E-state index in [1.807, 2.05) is 24.3 Å². The van der Waals surface area contributed by atoms with Crippen LogP contribution in [0.1, 0.15) is 25.3 Å². The van der Waals surface area contributed by atoms with E-state index in [2.05, 4.69) is 11.0 Å². The molecule has 1 unspecified atom stereocenters. The normalized spacial score (nSPS) is 19.8. The number of nitriles is 1. The predicted octanol–water partition coefficient (Wildman–Crippen LogP) is 2.36. The Bertz CT molecular complexity index is 462. The Labute approximate surface area is 102 Å². The smallest absolute Gasteiger partial charge is 0.134 e. The van der Waals surface area contributed by atoms with E-state index in [9.17, 15) is 4.79 Å². The summed E-state index contributed by atoms with van der Waals surface area (Å²) >= 11 is 0. The van der Waals surface area contributed by atoms with E-state index in [0.717, 1.165) is 31.6 Å². The molecule has 0 aromatic heterocycles. The fraction of sp³-hybridized carbons (Fsp3) is 0.429. The lowest BCUT2D eigenvalue weighted by Crippen LogP contribution is -2.38. The third kappa shape index (κ3) is 2.47. The van der Waals surface area contributed by atoms with Gasteiger partial charge in [-0.05, 0) is 31.9 Å². The van der Waals surface area contributed by atoms with Crippen LogP contribution in [0.5, 0.6) is 0 Å². The van der Waals surface area contributed by atoms with Crippen LogP contribution < -0.4 is 4.90 Å². The minimum Gasteiger partial charge on any atom is -0.370 e. The molecule has 1 aliphatic rings. The van der Waals surface area contributed by atoms with Crippen molar-refractivity contribution < 1.29 is 4.79 Å². The summed E-state index contributed by atoms with van der Waals surface area (Å²) in [6, 6.07) is 9.80. The van der Waals surface area contributed by atoms with Gasteiger partial charge < -0.3 is 4.90 Å². The first-order valence-corrected chi connectivity index (χ1v) is 5.97. The summed E-state index contributed by atoms with van der Waals surface area (Å²) < 4.78 is 0. The Morgan fingerprint density at radius 3 is 2.94 bits per heavy atom. The van der Waals surface area contributed by atoms with Crippen LogP contribution in [0.25, 0.3) is 0 Å². The molecule has 0 N–H and O–H groups in total. The minimum absolute atomic E-state index is 0.121. The molecule has 0 aliphatic carbocycles. The molecule has 1 aromatic carbocycles. The second-order valence-corrected chi connectivity index (χ2v) is 4.52. The topological polar surface area (TPSA) is 44.1 Å². The Kier molecular flexibility index (Phi) is 3.43. The van der Waals surface area contributed by atoms with Crippen molar-refractivity contribution in [2.24, 2.45) is 5.92 Å². The lowest BCUT2D eigenvalue weighted by molar-refractivity contribution is -0.120. The van der Waals surface area contributed by atoms with Gasteiger partial charge in [0.1, 0.15) is 11.9 Å². The molecule has 1 saturated heterocycles. The Morgan fingerprint density at radius 2 is 2.24 bits per heavy atom. The number of piperidine rings is 1. The Balaban J connectivity index is 2.22. The number of Topliss-reactive ketones (excluding diaryl/α,β-unsaturated/α-hetero) is 1. The molecule has 1 atom stereocenters. The zero-order valence-corrected chi connectivity index (χ0v) is 10.0. The number of carbonyl (C=O) groups excluding carboxylic acids is 1. The SMILES string of the molecule is CC(=O)C1CCCN(c2ccccc2C#N)C1. The van der Waals surface area contributed by atoms with Gasteiger partial charge in [0.15, 0.2) is 0 Å². The molecule has 1 aliphatic heterocycles. The second-order valence-electron chi connectivity index (χ2n) is 4.52. The lowest BCUT2D eigenvalue weighted by Gasteiger charge is -2.33. The average molecular weight is 228 g/mol. The maximum absolute atomic E-state index is 11.4. The quantitative estimate of drug-likeness (QED) is 0.780. The van der Waals surface area contributed by atoms with Gasteiger partial charge in [0.05, 0.1) is 11.3 Å². The number of rotatable bonds is 2. The fourth-order valence-electron chi connectivity index (χ4n) is 2.37. The predicted molar refractivity (Wildman–Crippen MR) is 66.8 cm³/mol. The first-order chi connectivity index (χ1) is 8.22. The fourth-order valence-corrected chi connectivity index (χ4v) is 2.37. The number of ketones is 1. The summed E-state index contributed by atoms with van der Waals surface area (Å²) in [5.74, 6) is 0.375. The first-order valence-electron chi connectivity index (χ1n) is 5.97. The van der Waals surface area contributed by atoms with E-state index < -0.39 is 0 Å². The zero-order chi connectivity index (χ0) is 12.3. The van der Waals surface area contributed by atoms with Crippen LogP contribution in [0.2, 0.25) is 0 Å². The Morgan fingerprint density at radius 1 is 1.47 bits per heavy atom. The monoisotopic (exact) mass is 228 g/mol. The van der Waals surface area contributed by atoms with Crippen LogP contribution in [-0.4, -0.2) is 18.9 Å². The van der Waals surface area contributed by atoms with E-state index in [4.69, 9.17) is 5.26 Å². The van der Waals surface area contributed by atoms with Crippen LogP contribution in [0.15, 0.2) is 24.3 Å². The maximum Gasteiger partial charge on any atom is 0.134 e. The molecule has 0 saturated carbocycles. The largest absolute Gasteiger partial charge is 0.370 e. The zero-order valence-electron chi connectivity index (χ0n) is 10.0. The molecule has 2 rings (SSSR count). The summed E-state index contributed by atoms with van der Waals surface area (Å²) in [6.07, 6.45) is 1.99. The van der Waals surface area contributed by atoms with Crippen molar-refractivity contribution >= 4 is 11.5 Å². The first kappa shape index (κ1) is 11.7. The summed E-state index contributed by atoms with van der Waals surface area (Å²) in [6.45, 7) is 3.33. The van der Waals surface area contributed by atoms with Crippen LogP contribution in [0.4, 0.5) is 5.69 Å². The van der Waals surface area contributed by atoms with E-state index in [1.54, 1.807) is 6.92 Å². The van der Waals surface area contributed by atoms with Crippen molar-refractivity contribution in [2.75, 3.05) is 18.0 Å². The van der Waals surface area contributed by atoms with Crippen molar-refractivity contribution in [2.45, 2.75) is 19.8 Å². The molecule has 0 radical (unpaired) electrons. The molecule has 3 heteroatoms. The maximum atomic E-state index is 11.4. The number of para-hydroxylation sites is 1. The van der Waals surface area contributed by atoms with Gasteiger partial charge in [0, 0.05) is 19.0 Å². The van der Waals surface area contributed by atoms with Gasteiger partial charge in [-0.1, -0.05) is 12.1 Å². The molecule has 17 heavy (non-hydrogen) atoms. The van der Waals surface area contributed by atoms with Gasteiger partial charge in [-0.2, -0.15) is 5.26 Å². The molecule has 0 bridgehead atoms. The third-order valence-electron chi connectivity index (χ3n) is 3.36. The van der Waals surface area contributed by atoms with Crippen LogP contribution in [0, 0.1) is 17.2 Å². The average Bonchev–Trinajstić information content (AvgIpc) is 2.39. The molecule has 0 amide bonds. The lowest BCUT2D eigenvalue weighted by atomic mass is 9.94. The van der Waals surface area contributed by atoms with E-state index >= 15 is 0 Å². The molecule has 1 heterocycles.